The molecule has 0 radical (unpaired) electrons. The first-order valence-corrected chi connectivity index (χ1v) is 6.43. The van der Waals surface area contributed by atoms with Gasteiger partial charge in [0, 0.05) is 34.0 Å². The number of nitrogens with zero attached hydrogens (tertiary/aromatic N) is 1. The molecule has 0 bridgehead atoms. The minimum atomic E-state index is 0.118. The first kappa shape index (κ1) is 11.2. The summed E-state index contributed by atoms with van der Waals surface area (Å²) >= 11 is 7.93. The van der Waals surface area contributed by atoms with E-state index in [2.05, 4.69) is 22.6 Å². The van der Waals surface area contributed by atoms with E-state index in [9.17, 15) is 4.79 Å². The van der Waals surface area contributed by atoms with Crippen molar-refractivity contribution >= 4 is 40.1 Å². The van der Waals surface area contributed by atoms with Gasteiger partial charge in [-0.05, 0) is 46.9 Å². The lowest BCUT2D eigenvalue weighted by molar-refractivity contribution is 0.0535. The van der Waals surface area contributed by atoms with E-state index in [-0.39, 0.29) is 5.91 Å². The highest BCUT2D eigenvalue weighted by molar-refractivity contribution is 14.1. The lowest BCUT2D eigenvalue weighted by Gasteiger charge is -2.38. The fourth-order valence-corrected chi connectivity index (χ4v) is 2.16. The van der Waals surface area contributed by atoms with Crippen molar-refractivity contribution in [1.29, 1.82) is 0 Å². The van der Waals surface area contributed by atoms with E-state index in [1.807, 2.05) is 29.2 Å². The zero-order valence-electron chi connectivity index (χ0n) is 8.12. The molecule has 0 N–H and O–H groups in total. The van der Waals surface area contributed by atoms with Gasteiger partial charge in [0.15, 0.2) is 0 Å². The van der Waals surface area contributed by atoms with E-state index in [0.29, 0.717) is 11.8 Å². The number of hydrogen-bond acceptors (Lipinski definition) is 1. The standard InChI is InChI=1S/C11H11ClINO/c12-5-8-6-14(7-8)11(15)9-1-3-10(13)4-2-9/h1-4,8H,5-7H2. The summed E-state index contributed by atoms with van der Waals surface area (Å²) in [4.78, 5) is 13.7. The maximum absolute atomic E-state index is 11.9. The first-order chi connectivity index (χ1) is 7.20. The van der Waals surface area contributed by atoms with Gasteiger partial charge in [-0.2, -0.15) is 0 Å². The molecular formula is C11H11ClINO. The number of carbonyl (C=O) groups excluding carboxylic acids is 1. The van der Waals surface area contributed by atoms with Crippen molar-refractivity contribution in [3.63, 3.8) is 0 Å². The van der Waals surface area contributed by atoms with Crippen LogP contribution in [-0.4, -0.2) is 29.8 Å². The largest absolute Gasteiger partial charge is 0.338 e. The number of alkyl halides is 1. The molecule has 0 saturated carbocycles. The maximum atomic E-state index is 11.9. The Balaban J connectivity index is 2.00. The van der Waals surface area contributed by atoms with E-state index in [4.69, 9.17) is 11.6 Å². The van der Waals surface area contributed by atoms with Crippen LogP contribution in [0.4, 0.5) is 0 Å². The Hall–Kier alpha value is -0.290. The summed E-state index contributed by atoms with van der Waals surface area (Å²) in [6, 6.07) is 7.65. The minimum Gasteiger partial charge on any atom is -0.338 e. The minimum absolute atomic E-state index is 0.118. The average Bonchev–Trinajstić information content (AvgIpc) is 2.17. The Morgan fingerprint density at radius 3 is 2.53 bits per heavy atom. The molecule has 15 heavy (non-hydrogen) atoms. The molecule has 1 saturated heterocycles. The summed E-state index contributed by atoms with van der Waals surface area (Å²) < 4.78 is 1.14. The number of halogens is 2. The summed E-state index contributed by atoms with van der Waals surface area (Å²) in [6.45, 7) is 1.60. The number of rotatable bonds is 2. The quantitative estimate of drug-likeness (QED) is 0.601. The third kappa shape index (κ3) is 2.45. The van der Waals surface area contributed by atoms with Crippen molar-refractivity contribution < 1.29 is 4.79 Å². The number of carbonyl (C=O) groups is 1. The van der Waals surface area contributed by atoms with Gasteiger partial charge in [0.2, 0.25) is 0 Å². The van der Waals surface area contributed by atoms with Crippen LogP contribution < -0.4 is 0 Å². The lowest BCUT2D eigenvalue weighted by Crippen LogP contribution is -2.50. The van der Waals surface area contributed by atoms with E-state index in [1.54, 1.807) is 0 Å². The highest BCUT2D eigenvalue weighted by atomic mass is 127. The molecule has 1 fully saturated rings. The molecule has 2 rings (SSSR count). The van der Waals surface area contributed by atoms with Gasteiger partial charge in [-0.3, -0.25) is 4.79 Å². The van der Waals surface area contributed by atoms with Crippen molar-refractivity contribution in [1.82, 2.24) is 4.90 Å². The summed E-state index contributed by atoms with van der Waals surface area (Å²) in [5.41, 5.74) is 0.767. The number of hydrogen-bond donors (Lipinski definition) is 0. The maximum Gasteiger partial charge on any atom is 0.253 e. The van der Waals surface area contributed by atoms with Crippen LogP contribution in [-0.2, 0) is 0 Å². The van der Waals surface area contributed by atoms with Crippen LogP contribution in [0.3, 0.4) is 0 Å². The van der Waals surface area contributed by atoms with Crippen molar-refractivity contribution in [2.75, 3.05) is 19.0 Å². The molecule has 1 amide bonds. The van der Waals surface area contributed by atoms with E-state index in [0.717, 1.165) is 22.2 Å². The van der Waals surface area contributed by atoms with Crippen molar-refractivity contribution in [2.45, 2.75) is 0 Å². The first-order valence-electron chi connectivity index (χ1n) is 4.81. The van der Waals surface area contributed by atoms with Gasteiger partial charge in [0.1, 0.15) is 0 Å². The number of likely N-dealkylation sites (tertiary alicyclic amines) is 1. The Kier molecular flexibility index (Phi) is 3.51. The molecule has 1 aromatic rings. The van der Waals surface area contributed by atoms with Gasteiger partial charge < -0.3 is 4.90 Å². The average molecular weight is 336 g/mol. The molecule has 4 heteroatoms. The normalized spacial score (nSPS) is 16.3. The van der Waals surface area contributed by atoms with Crippen molar-refractivity contribution in [3.05, 3.63) is 33.4 Å². The third-order valence-electron chi connectivity index (χ3n) is 2.55. The van der Waals surface area contributed by atoms with Crippen LogP contribution in [0, 0.1) is 9.49 Å². The topological polar surface area (TPSA) is 20.3 Å². The van der Waals surface area contributed by atoms with Crippen LogP contribution in [0.5, 0.6) is 0 Å². The molecule has 80 valence electrons. The number of benzene rings is 1. The SMILES string of the molecule is O=C(c1ccc(I)cc1)N1CC(CCl)C1. The van der Waals surface area contributed by atoms with Gasteiger partial charge in [-0.25, -0.2) is 0 Å². The predicted molar refractivity (Wildman–Crippen MR) is 69.3 cm³/mol. The highest BCUT2D eigenvalue weighted by Crippen LogP contribution is 2.20. The van der Waals surface area contributed by atoms with Crippen LogP contribution in [0.2, 0.25) is 0 Å². The summed E-state index contributed by atoms with van der Waals surface area (Å²) in [5.74, 6) is 1.25. The highest BCUT2D eigenvalue weighted by Gasteiger charge is 2.30. The molecule has 1 aliphatic heterocycles. The Morgan fingerprint density at radius 2 is 2.00 bits per heavy atom. The van der Waals surface area contributed by atoms with Crippen LogP contribution in [0.1, 0.15) is 10.4 Å². The molecular weight excluding hydrogens is 324 g/mol. The number of amides is 1. The zero-order valence-corrected chi connectivity index (χ0v) is 11.0. The summed E-state index contributed by atoms with van der Waals surface area (Å²) in [6.07, 6.45) is 0. The van der Waals surface area contributed by atoms with E-state index in [1.165, 1.54) is 0 Å². The second-order valence-corrected chi connectivity index (χ2v) is 5.29. The molecule has 1 aromatic carbocycles. The second kappa shape index (κ2) is 4.70. The molecule has 2 nitrogen and oxygen atoms in total. The zero-order chi connectivity index (χ0) is 10.8. The Morgan fingerprint density at radius 1 is 1.40 bits per heavy atom. The summed E-state index contributed by atoms with van der Waals surface area (Å²) in [5, 5.41) is 0. The fourth-order valence-electron chi connectivity index (χ4n) is 1.61. The molecule has 0 aromatic heterocycles. The summed E-state index contributed by atoms with van der Waals surface area (Å²) in [7, 11) is 0. The molecule has 0 atom stereocenters. The molecule has 1 heterocycles. The van der Waals surface area contributed by atoms with Gasteiger partial charge in [-0.1, -0.05) is 0 Å². The molecule has 1 aliphatic rings. The van der Waals surface area contributed by atoms with E-state index < -0.39 is 0 Å². The van der Waals surface area contributed by atoms with Gasteiger partial charge in [-0.15, -0.1) is 11.6 Å². The monoisotopic (exact) mass is 335 g/mol. The Bertz CT molecular complexity index is 359. The van der Waals surface area contributed by atoms with Crippen molar-refractivity contribution in [2.24, 2.45) is 5.92 Å². The molecule has 0 unspecified atom stereocenters. The molecule has 0 spiro atoms. The smallest absolute Gasteiger partial charge is 0.253 e. The fraction of sp³-hybridized carbons (Fsp3) is 0.364. The van der Waals surface area contributed by atoms with Crippen molar-refractivity contribution in [3.8, 4) is 0 Å². The van der Waals surface area contributed by atoms with E-state index >= 15 is 0 Å². The third-order valence-corrected chi connectivity index (χ3v) is 3.71. The van der Waals surface area contributed by atoms with Gasteiger partial charge in [0.25, 0.3) is 5.91 Å². The van der Waals surface area contributed by atoms with Gasteiger partial charge >= 0.3 is 0 Å². The van der Waals surface area contributed by atoms with Gasteiger partial charge in [0.05, 0.1) is 0 Å². The predicted octanol–water partition coefficient (Wildman–Crippen LogP) is 2.60. The lowest BCUT2D eigenvalue weighted by atomic mass is 10.0. The van der Waals surface area contributed by atoms with Crippen LogP contribution in [0.25, 0.3) is 0 Å². The van der Waals surface area contributed by atoms with Crippen LogP contribution >= 0.6 is 34.2 Å². The molecule has 0 aliphatic carbocycles. The Labute approximate surface area is 108 Å². The van der Waals surface area contributed by atoms with Crippen LogP contribution in [0.15, 0.2) is 24.3 Å². The second-order valence-electron chi connectivity index (χ2n) is 3.74.